The highest BCUT2D eigenvalue weighted by atomic mass is 15.0. The Morgan fingerprint density at radius 2 is 2.25 bits per heavy atom. The van der Waals surface area contributed by atoms with Crippen molar-refractivity contribution in [2.24, 2.45) is 22.4 Å². The van der Waals surface area contributed by atoms with Crippen molar-refractivity contribution < 1.29 is 0 Å². The van der Waals surface area contributed by atoms with Gasteiger partial charge in [0.15, 0.2) is 0 Å². The quantitative estimate of drug-likeness (QED) is 0.593. The molecule has 0 aromatic heterocycles. The van der Waals surface area contributed by atoms with E-state index in [0.717, 1.165) is 6.42 Å². The zero-order valence-corrected chi connectivity index (χ0v) is 7.70. The molecule has 3 nitrogen and oxygen atoms in total. The van der Waals surface area contributed by atoms with Crippen molar-refractivity contribution in [3.05, 3.63) is 12.2 Å². The molecule has 0 aromatic rings. The summed E-state index contributed by atoms with van der Waals surface area (Å²) in [5.41, 5.74) is 11.2. The standard InChI is InChI=1S/C9H17N3/c1-7(2)5-9(11)4-3-8(10)12-6-9/h3-4,6-8H,5,10-11H2,1-2H3. The van der Waals surface area contributed by atoms with E-state index in [2.05, 4.69) is 18.8 Å². The molecule has 1 heterocycles. The molecule has 0 fully saturated rings. The second-order valence-corrected chi connectivity index (χ2v) is 3.84. The largest absolute Gasteiger partial charge is 0.317 e. The average Bonchev–Trinajstić information content (AvgIpc) is 1.94. The molecule has 0 amide bonds. The van der Waals surface area contributed by atoms with E-state index in [4.69, 9.17) is 11.5 Å². The maximum absolute atomic E-state index is 6.03. The Labute approximate surface area is 73.5 Å². The number of hydrogen-bond acceptors (Lipinski definition) is 3. The fourth-order valence-corrected chi connectivity index (χ4v) is 1.42. The van der Waals surface area contributed by atoms with Gasteiger partial charge in [0.25, 0.3) is 0 Å². The summed E-state index contributed by atoms with van der Waals surface area (Å²) in [6.45, 7) is 4.29. The van der Waals surface area contributed by atoms with Gasteiger partial charge in [-0.25, -0.2) is 0 Å². The highest BCUT2D eigenvalue weighted by molar-refractivity contribution is 5.74. The molecule has 68 valence electrons. The fourth-order valence-electron chi connectivity index (χ4n) is 1.42. The van der Waals surface area contributed by atoms with Crippen molar-refractivity contribution in [2.75, 3.05) is 0 Å². The lowest BCUT2D eigenvalue weighted by Gasteiger charge is -2.26. The Morgan fingerprint density at radius 1 is 1.58 bits per heavy atom. The lowest BCUT2D eigenvalue weighted by molar-refractivity contribution is 0.494. The molecule has 0 aliphatic carbocycles. The number of dihydropyridines is 1. The molecule has 2 unspecified atom stereocenters. The Kier molecular flexibility index (Phi) is 2.65. The van der Waals surface area contributed by atoms with Crippen LogP contribution in [0, 0.1) is 5.92 Å². The predicted octanol–water partition coefficient (Wildman–Crippen LogP) is 0.655. The highest BCUT2D eigenvalue weighted by Gasteiger charge is 2.23. The van der Waals surface area contributed by atoms with Gasteiger partial charge < -0.3 is 11.5 Å². The van der Waals surface area contributed by atoms with Crippen LogP contribution in [0.2, 0.25) is 0 Å². The zero-order chi connectivity index (χ0) is 9.19. The molecule has 1 aliphatic heterocycles. The Bertz CT molecular complexity index is 192. The van der Waals surface area contributed by atoms with Gasteiger partial charge in [0.05, 0.1) is 5.54 Å². The third-order valence-electron chi connectivity index (χ3n) is 1.85. The SMILES string of the molecule is CC(C)CC1(N)C=CC(N)N=C1. The molecule has 0 radical (unpaired) electrons. The topological polar surface area (TPSA) is 64.4 Å². The van der Waals surface area contributed by atoms with Crippen LogP contribution in [0.1, 0.15) is 20.3 Å². The first kappa shape index (κ1) is 9.42. The van der Waals surface area contributed by atoms with E-state index in [1.165, 1.54) is 0 Å². The van der Waals surface area contributed by atoms with Gasteiger partial charge in [0.1, 0.15) is 6.17 Å². The smallest absolute Gasteiger partial charge is 0.115 e. The van der Waals surface area contributed by atoms with Crippen LogP contribution < -0.4 is 11.5 Å². The first-order valence-electron chi connectivity index (χ1n) is 4.30. The Morgan fingerprint density at radius 3 is 2.67 bits per heavy atom. The van der Waals surface area contributed by atoms with Crippen LogP contribution in [0.25, 0.3) is 0 Å². The fraction of sp³-hybridized carbons (Fsp3) is 0.667. The lowest BCUT2D eigenvalue weighted by atomic mass is 9.89. The lowest BCUT2D eigenvalue weighted by Crippen LogP contribution is -2.43. The van der Waals surface area contributed by atoms with E-state index >= 15 is 0 Å². The monoisotopic (exact) mass is 167 g/mol. The number of hydrogen-bond donors (Lipinski definition) is 2. The minimum absolute atomic E-state index is 0.200. The zero-order valence-electron chi connectivity index (χ0n) is 7.70. The number of rotatable bonds is 2. The van der Waals surface area contributed by atoms with Gasteiger partial charge in [-0.3, -0.25) is 4.99 Å². The maximum Gasteiger partial charge on any atom is 0.115 e. The molecule has 0 saturated heterocycles. The van der Waals surface area contributed by atoms with Crippen molar-refractivity contribution >= 4 is 6.21 Å². The number of nitrogens with two attached hydrogens (primary N) is 2. The molecule has 2 atom stereocenters. The molecule has 0 spiro atoms. The van der Waals surface area contributed by atoms with E-state index in [1.54, 1.807) is 6.21 Å². The van der Waals surface area contributed by atoms with Crippen molar-refractivity contribution in [3.63, 3.8) is 0 Å². The molecule has 0 bridgehead atoms. The summed E-state index contributed by atoms with van der Waals surface area (Å²) in [5, 5.41) is 0. The molecule has 1 aliphatic rings. The van der Waals surface area contributed by atoms with Gasteiger partial charge in [0, 0.05) is 6.21 Å². The molecule has 12 heavy (non-hydrogen) atoms. The van der Waals surface area contributed by atoms with Gasteiger partial charge in [-0.2, -0.15) is 0 Å². The minimum Gasteiger partial charge on any atom is -0.317 e. The summed E-state index contributed by atoms with van der Waals surface area (Å²) in [6, 6.07) is 0. The van der Waals surface area contributed by atoms with Crippen LogP contribution in [0.4, 0.5) is 0 Å². The normalized spacial score (nSPS) is 34.6. The Balaban J connectivity index is 2.62. The molecule has 3 heteroatoms. The molecular formula is C9H17N3. The van der Waals surface area contributed by atoms with Crippen molar-refractivity contribution in [3.8, 4) is 0 Å². The summed E-state index contributed by atoms with van der Waals surface area (Å²) in [7, 11) is 0. The molecular weight excluding hydrogens is 150 g/mol. The van der Waals surface area contributed by atoms with Crippen LogP contribution in [-0.2, 0) is 0 Å². The second kappa shape index (κ2) is 3.37. The van der Waals surface area contributed by atoms with Crippen LogP contribution in [0.3, 0.4) is 0 Å². The maximum atomic E-state index is 6.03. The summed E-state index contributed by atoms with van der Waals surface area (Å²) in [4.78, 5) is 4.08. The van der Waals surface area contributed by atoms with E-state index in [1.807, 2.05) is 12.2 Å². The van der Waals surface area contributed by atoms with Crippen molar-refractivity contribution in [1.82, 2.24) is 0 Å². The number of aliphatic imine (C=N–C) groups is 1. The van der Waals surface area contributed by atoms with Gasteiger partial charge in [-0.05, 0) is 18.4 Å². The second-order valence-electron chi connectivity index (χ2n) is 3.84. The van der Waals surface area contributed by atoms with Crippen molar-refractivity contribution in [1.29, 1.82) is 0 Å². The van der Waals surface area contributed by atoms with E-state index < -0.39 is 0 Å². The average molecular weight is 167 g/mol. The Hall–Kier alpha value is -0.670. The summed E-state index contributed by atoms with van der Waals surface area (Å²) >= 11 is 0. The van der Waals surface area contributed by atoms with Crippen molar-refractivity contribution in [2.45, 2.75) is 32.0 Å². The van der Waals surface area contributed by atoms with Gasteiger partial charge >= 0.3 is 0 Å². The summed E-state index contributed by atoms with van der Waals surface area (Å²) < 4.78 is 0. The van der Waals surface area contributed by atoms with Gasteiger partial charge in [0.2, 0.25) is 0 Å². The highest BCUT2D eigenvalue weighted by Crippen LogP contribution is 2.16. The van der Waals surface area contributed by atoms with Gasteiger partial charge in [-0.15, -0.1) is 0 Å². The van der Waals surface area contributed by atoms with Crippen LogP contribution in [0.15, 0.2) is 17.1 Å². The van der Waals surface area contributed by atoms with E-state index in [-0.39, 0.29) is 11.7 Å². The molecule has 4 N–H and O–H groups in total. The third kappa shape index (κ3) is 2.43. The first-order valence-corrected chi connectivity index (χ1v) is 4.30. The van der Waals surface area contributed by atoms with Gasteiger partial charge in [-0.1, -0.05) is 19.9 Å². The van der Waals surface area contributed by atoms with E-state index in [0.29, 0.717) is 5.92 Å². The summed E-state index contributed by atoms with van der Waals surface area (Å²) in [6.07, 6.45) is 6.28. The third-order valence-corrected chi connectivity index (χ3v) is 1.85. The summed E-state index contributed by atoms with van der Waals surface area (Å²) in [5.74, 6) is 0.570. The molecule has 1 rings (SSSR count). The molecule has 0 saturated carbocycles. The van der Waals surface area contributed by atoms with Crippen LogP contribution in [0.5, 0.6) is 0 Å². The predicted molar refractivity (Wildman–Crippen MR) is 52.0 cm³/mol. The van der Waals surface area contributed by atoms with E-state index in [9.17, 15) is 0 Å². The van der Waals surface area contributed by atoms with Crippen LogP contribution >= 0.6 is 0 Å². The first-order chi connectivity index (χ1) is 5.52. The minimum atomic E-state index is -0.371. The van der Waals surface area contributed by atoms with Crippen LogP contribution in [-0.4, -0.2) is 17.9 Å². The number of nitrogens with zero attached hydrogens (tertiary/aromatic N) is 1. The molecule has 0 aromatic carbocycles.